The third kappa shape index (κ3) is 7.34. The zero-order valence-electron chi connectivity index (χ0n) is 13.3. The van der Waals surface area contributed by atoms with Crippen LogP contribution in [0.1, 0.15) is 13.8 Å². The fourth-order valence-electron chi connectivity index (χ4n) is 1.62. The molecule has 0 atom stereocenters. The van der Waals surface area contributed by atoms with Crippen LogP contribution in [0.15, 0.2) is 22.1 Å². The van der Waals surface area contributed by atoms with Gasteiger partial charge in [0, 0.05) is 6.20 Å². The average Bonchev–Trinajstić information content (AvgIpc) is 2.51. The smallest absolute Gasteiger partial charge is 0.356 e. The van der Waals surface area contributed by atoms with Gasteiger partial charge in [-0.25, -0.2) is 4.79 Å². The maximum Gasteiger partial charge on any atom is 0.356 e. The summed E-state index contributed by atoms with van der Waals surface area (Å²) < 4.78 is 29.1. The van der Waals surface area contributed by atoms with Gasteiger partial charge >= 0.3 is 13.3 Å². The lowest BCUT2D eigenvalue weighted by Crippen LogP contribution is -2.24. The zero-order chi connectivity index (χ0) is 17.1. The quantitative estimate of drug-likeness (QED) is 0.197. The molecular formula is C14H21N2O5PS. The second-order valence-corrected chi connectivity index (χ2v) is 7.21. The molecule has 0 bridgehead atoms. The normalized spacial score (nSPS) is 11.3. The van der Waals surface area contributed by atoms with Crippen LogP contribution in [-0.4, -0.2) is 41.5 Å². The number of thioether (sulfide) groups is 1. The van der Waals surface area contributed by atoms with Gasteiger partial charge in [0.25, 0.3) is 0 Å². The lowest BCUT2D eigenvalue weighted by atomic mass is 10.6. The molecule has 1 rings (SSSR count). The van der Waals surface area contributed by atoms with Crippen molar-refractivity contribution in [2.45, 2.75) is 25.4 Å². The van der Waals surface area contributed by atoms with E-state index in [4.69, 9.17) is 20.2 Å². The van der Waals surface area contributed by atoms with Gasteiger partial charge in [0.2, 0.25) is 0 Å². The standard InChI is InChI=1S/C14H21N2O5PS/c1-4-11-23-13-7-8-16(14(17)15-13)9-10-19-12-22(18,20-5-2)21-6-3/h1,7-8H,5-6,9-12H2,2-3H3. The van der Waals surface area contributed by atoms with Crippen molar-refractivity contribution >= 4 is 19.4 Å². The average molecular weight is 360 g/mol. The SMILES string of the molecule is C#CCSc1ccn(CCOCP(=O)(OCC)OCC)c(=O)n1. The molecule has 0 aliphatic heterocycles. The summed E-state index contributed by atoms with van der Waals surface area (Å²) in [4.78, 5) is 15.7. The van der Waals surface area contributed by atoms with Crippen molar-refractivity contribution in [3.63, 3.8) is 0 Å². The van der Waals surface area contributed by atoms with E-state index in [0.29, 0.717) is 17.3 Å². The van der Waals surface area contributed by atoms with Crippen molar-refractivity contribution < 1.29 is 18.3 Å². The summed E-state index contributed by atoms with van der Waals surface area (Å²) in [5, 5.41) is 0.585. The molecule has 9 heteroatoms. The molecular weight excluding hydrogens is 339 g/mol. The summed E-state index contributed by atoms with van der Waals surface area (Å²) >= 11 is 1.32. The minimum Gasteiger partial charge on any atom is -0.367 e. The van der Waals surface area contributed by atoms with E-state index in [-0.39, 0.29) is 31.9 Å². The molecule has 0 fully saturated rings. The summed E-state index contributed by atoms with van der Waals surface area (Å²) in [6, 6.07) is 1.72. The van der Waals surface area contributed by atoms with E-state index < -0.39 is 7.60 Å². The summed E-state index contributed by atoms with van der Waals surface area (Å²) in [7, 11) is -3.22. The number of terminal acetylenes is 1. The first-order chi connectivity index (χ1) is 11.0. The Morgan fingerprint density at radius 3 is 2.65 bits per heavy atom. The first kappa shape index (κ1) is 19.9. The molecule has 23 heavy (non-hydrogen) atoms. The van der Waals surface area contributed by atoms with Gasteiger partial charge in [-0.05, 0) is 19.9 Å². The fraction of sp³-hybridized carbons (Fsp3) is 0.571. The Bertz CT molecular complexity index is 618. The third-order valence-electron chi connectivity index (χ3n) is 2.53. The van der Waals surface area contributed by atoms with Crippen molar-refractivity contribution in [3.8, 4) is 12.3 Å². The largest absolute Gasteiger partial charge is 0.367 e. The van der Waals surface area contributed by atoms with Crippen molar-refractivity contribution in [3.05, 3.63) is 22.7 Å². The van der Waals surface area contributed by atoms with E-state index in [2.05, 4.69) is 10.9 Å². The van der Waals surface area contributed by atoms with E-state index in [1.807, 2.05) is 0 Å². The lowest BCUT2D eigenvalue weighted by Gasteiger charge is -2.17. The summed E-state index contributed by atoms with van der Waals surface area (Å²) in [5.41, 5.74) is -0.381. The minimum absolute atomic E-state index is 0.146. The molecule has 0 amide bonds. The molecule has 1 aromatic rings. The van der Waals surface area contributed by atoms with Crippen LogP contribution >= 0.6 is 19.4 Å². The number of nitrogens with zero attached hydrogens (tertiary/aromatic N) is 2. The number of hydrogen-bond acceptors (Lipinski definition) is 7. The Morgan fingerprint density at radius 1 is 1.39 bits per heavy atom. The minimum atomic E-state index is -3.22. The van der Waals surface area contributed by atoms with E-state index >= 15 is 0 Å². The zero-order valence-corrected chi connectivity index (χ0v) is 15.0. The Hall–Kier alpha value is -1.10. The molecule has 0 aliphatic rings. The molecule has 128 valence electrons. The summed E-state index contributed by atoms with van der Waals surface area (Å²) in [5.74, 6) is 2.93. The van der Waals surface area contributed by atoms with E-state index in [9.17, 15) is 9.36 Å². The molecule has 0 aliphatic carbocycles. The van der Waals surface area contributed by atoms with Crippen LogP contribution in [0.25, 0.3) is 0 Å². The van der Waals surface area contributed by atoms with Crippen molar-refractivity contribution in [1.29, 1.82) is 0 Å². The van der Waals surface area contributed by atoms with Crippen LogP contribution in [-0.2, 0) is 24.9 Å². The molecule has 0 aromatic carbocycles. The molecule has 0 spiro atoms. The Labute approximate surface area is 140 Å². The molecule has 1 aromatic heterocycles. The maximum atomic E-state index is 12.2. The van der Waals surface area contributed by atoms with Gasteiger partial charge in [-0.15, -0.1) is 6.42 Å². The highest BCUT2D eigenvalue weighted by Gasteiger charge is 2.23. The number of rotatable bonds is 11. The van der Waals surface area contributed by atoms with Crippen LogP contribution < -0.4 is 5.69 Å². The second-order valence-electron chi connectivity index (χ2n) is 4.22. The van der Waals surface area contributed by atoms with Crippen molar-refractivity contribution in [2.75, 3.05) is 31.9 Å². The van der Waals surface area contributed by atoms with Crippen molar-refractivity contribution in [1.82, 2.24) is 9.55 Å². The predicted molar refractivity (Wildman–Crippen MR) is 89.7 cm³/mol. The highest BCUT2D eigenvalue weighted by Crippen LogP contribution is 2.47. The second kappa shape index (κ2) is 10.6. The predicted octanol–water partition coefficient (Wildman–Crippen LogP) is 2.21. The van der Waals surface area contributed by atoms with E-state index in [1.165, 1.54) is 16.3 Å². The lowest BCUT2D eigenvalue weighted by molar-refractivity contribution is 0.126. The van der Waals surface area contributed by atoms with Crippen LogP contribution in [0.2, 0.25) is 0 Å². The first-order valence-corrected chi connectivity index (χ1v) is 9.85. The van der Waals surface area contributed by atoms with Crippen molar-refractivity contribution in [2.24, 2.45) is 0 Å². The Kier molecular flexibility index (Phi) is 9.22. The van der Waals surface area contributed by atoms with Gasteiger partial charge in [-0.3, -0.25) is 9.13 Å². The third-order valence-corrected chi connectivity index (χ3v) is 5.17. The summed E-state index contributed by atoms with van der Waals surface area (Å²) in [6.07, 6.45) is 6.64. The number of ether oxygens (including phenoxy) is 1. The highest BCUT2D eigenvalue weighted by molar-refractivity contribution is 7.99. The molecule has 1 heterocycles. The van der Waals surface area contributed by atoms with E-state index in [0.717, 1.165) is 0 Å². The molecule has 0 unspecified atom stereocenters. The molecule has 0 N–H and O–H groups in total. The van der Waals surface area contributed by atoms with Crippen LogP contribution in [0, 0.1) is 12.3 Å². The molecule has 0 saturated carbocycles. The van der Waals surface area contributed by atoms with Gasteiger partial charge < -0.3 is 13.8 Å². The van der Waals surface area contributed by atoms with Gasteiger partial charge in [0.1, 0.15) is 11.4 Å². The van der Waals surface area contributed by atoms with Crippen LogP contribution in [0.3, 0.4) is 0 Å². The fourth-order valence-corrected chi connectivity index (χ4v) is 3.52. The summed E-state index contributed by atoms with van der Waals surface area (Å²) in [6.45, 7) is 4.52. The first-order valence-electron chi connectivity index (χ1n) is 7.14. The molecule has 0 saturated heterocycles. The number of aromatic nitrogens is 2. The van der Waals surface area contributed by atoms with Gasteiger partial charge in [0.15, 0.2) is 0 Å². The van der Waals surface area contributed by atoms with Crippen LogP contribution in [0.5, 0.6) is 0 Å². The number of hydrogen-bond donors (Lipinski definition) is 0. The monoisotopic (exact) mass is 360 g/mol. The Balaban J connectivity index is 2.48. The Morgan fingerprint density at radius 2 is 2.09 bits per heavy atom. The van der Waals surface area contributed by atoms with Gasteiger partial charge in [-0.2, -0.15) is 4.98 Å². The van der Waals surface area contributed by atoms with Crippen LogP contribution in [0.4, 0.5) is 0 Å². The maximum absolute atomic E-state index is 12.2. The molecule has 0 radical (unpaired) electrons. The topological polar surface area (TPSA) is 79.6 Å². The molecule has 7 nitrogen and oxygen atoms in total. The van der Waals surface area contributed by atoms with Gasteiger partial charge in [0.05, 0.1) is 32.1 Å². The van der Waals surface area contributed by atoms with Gasteiger partial charge in [-0.1, -0.05) is 17.7 Å². The van der Waals surface area contributed by atoms with E-state index in [1.54, 1.807) is 26.1 Å². The highest BCUT2D eigenvalue weighted by atomic mass is 32.2.